The molecule has 0 radical (unpaired) electrons. The predicted octanol–water partition coefficient (Wildman–Crippen LogP) is 4.08. The van der Waals surface area contributed by atoms with E-state index in [0.717, 1.165) is 11.3 Å². The second-order valence-electron chi connectivity index (χ2n) is 4.98. The maximum Gasteiger partial charge on any atom is 0.185 e. The van der Waals surface area contributed by atoms with Gasteiger partial charge in [0, 0.05) is 5.56 Å². The second kappa shape index (κ2) is 6.75. The molecule has 3 nitrogen and oxygen atoms in total. The summed E-state index contributed by atoms with van der Waals surface area (Å²) in [5.41, 5.74) is 1.38. The second-order valence-corrected chi connectivity index (χ2v) is 4.98. The van der Waals surface area contributed by atoms with E-state index in [0.29, 0.717) is 5.56 Å². The molecule has 0 saturated heterocycles. The van der Waals surface area contributed by atoms with Crippen molar-refractivity contribution in [3.8, 4) is 11.5 Å². The van der Waals surface area contributed by atoms with Crippen LogP contribution < -0.4 is 4.74 Å². The van der Waals surface area contributed by atoms with Crippen molar-refractivity contribution >= 4 is 11.9 Å². The van der Waals surface area contributed by atoms with Crippen LogP contribution in [0.5, 0.6) is 11.5 Å². The molecule has 0 aliphatic heterocycles. The van der Waals surface area contributed by atoms with Gasteiger partial charge in [0.25, 0.3) is 0 Å². The fourth-order valence-electron chi connectivity index (χ4n) is 1.87. The molecule has 0 aliphatic carbocycles. The standard InChI is InChI=1S/C18H18O3/c1-13(2)21-17-9-7-15(8-10-17)18(20)11-6-14-4-3-5-16(19)12-14/h3-13,19H,1-2H3/b11-6+. The van der Waals surface area contributed by atoms with Crippen LogP contribution in [0.2, 0.25) is 0 Å². The first-order chi connectivity index (χ1) is 10.0. The Hall–Kier alpha value is -2.55. The van der Waals surface area contributed by atoms with Gasteiger partial charge in [-0.15, -0.1) is 0 Å². The fraction of sp³-hybridized carbons (Fsp3) is 0.167. The van der Waals surface area contributed by atoms with Crippen molar-refractivity contribution in [3.63, 3.8) is 0 Å². The molecule has 2 aromatic carbocycles. The topological polar surface area (TPSA) is 46.5 Å². The number of carbonyl (C=O) groups excluding carboxylic acids is 1. The van der Waals surface area contributed by atoms with E-state index in [1.165, 1.54) is 6.08 Å². The minimum atomic E-state index is -0.0885. The number of benzene rings is 2. The van der Waals surface area contributed by atoms with Crippen molar-refractivity contribution in [2.45, 2.75) is 20.0 Å². The molecular weight excluding hydrogens is 264 g/mol. The summed E-state index contributed by atoms with van der Waals surface area (Å²) < 4.78 is 5.53. The minimum absolute atomic E-state index is 0.0885. The highest BCUT2D eigenvalue weighted by Gasteiger charge is 2.03. The number of hydrogen-bond donors (Lipinski definition) is 1. The molecule has 0 saturated carbocycles. The number of carbonyl (C=O) groups is 1. The van der Waals surface area contributed by atoms with E-state index in [4.69, 9.17) is 4.74 Å². The Kier molecular flexibility index (Phi) is 4.77. The molecule has 0 spiro atoms. The number of phenols is 1. The van der Waals surface area contributed by atoms with Crippen molar-refractivity contribution in [2.24, 2.45) is 0 Å². The van der Waals surface area contributed by atoms with Crippen molar-refractivity contribution in [3.05, 3.63) is 65.7 Å². The first-order valence-corrected chi connectivity index (χ1v) is 6.83. The molecule has 1 N–H and O–H groups in total. The summed E-state index contributed by atoms with van der Waals surface area (Å²) in [7, 11) is 0. The van der Waals surface area contributed by atoms with Crippen LogP contribution in [0.15, 0.2) is 54.6 Å². The van der Waals surface area contributed by atoms with E-state index in [1.807, 2.05) is 19.9 Å². The highest BCUT2D eigenvalue weighted by atomic mass is 16.5. The van der Waals surface area contributed by atoms with Gasteiger partial charge in [-0.2, -0.15) is 0 Å². The van der Waals surface area contributed by atoms with E-state index in [9.17, 15) is 9.90 Å². The van der Waals surface area contributed by atoms with Crippen LogP contribution in [-0.4, -0.2) is 17.0 Å². The van der Waals surface area contributed by atoms with E-state index >= 15 is 0 Å². The normalized spacial score (nSPS) is 11.0. The third-order valence-electron chi connectivity index (χ3n) is 2.81. The molecule has 0 bridgehead atoms. The summed E-state index contributed by atoms with van der Waals surface area (Å²) in [4.78, 5) is 12.0. The zero-order valence-electron chi connectivity index (χ0n) is 12.1. The summed E-state index contributed by atoms with van der Waals surface area (Å²) in [6.45, 7) is 3.91. The van der Waals surface area contributed by atoms with Crippen LogP contribution in [0.4, 0.5) is 0 Å². The number of phenolic OH excluding ortho intramolecular Hbond substituents is 1. The van der Waals surface area contributed by atoms with Crippen molar-refractivity contribution in [2.75, 3.05) is 0 Å². The Morgan fingerprint density at radius 1 is 1.14 bits per heavy atom. The lowest BCUT2D eigenvalue weighted by atomic mass is 10.1. The number of allylic oxidation sites excluding steroid dienone is 1. The van der Waals surface area contributed by atoms with E-state index in [2.05, 4.69) is 0 Å². The van der Waals surface area contributed by atoms with Crippen LogP contribution in [0.3, 0.4) is 0 Å². The molecule has 0 aliphatic rings. The van der Waals surface area contributed by atoms with E-state index in [1.54, 1.807) is 48.5 Å². The van der Waals surface area contributed by atoms with Gasteiger partial charge in [0.15, 0.2) is 5.78 Å². The summed E-state index contributed by atoms with van der Waals surface area (Å²) >= 11 is 0. The van der Waals surface area contributed by atoms with Gasteiger partial charge in [-0.25, -0.2) is 0 Å². The molecule has 21 heavy (non-hydrogen) atoms. The average molecular weight is 282 g/mol. The number of ketones is 1. The first-order valence-electron chi connectivity index (χ1n) is 6.83. The number of aromatic hydroxyl groups is 1. The van der Waals surface area contributed by atoms with E-state index < -0.39 is 0 Å². The van der Waals surface area contributed by atoms with Gasteiger partial charge >= 0.3 is 0 Å². The highest BCUT2D eigenvalue weighted by molar-refractivity contribution is 6.06. The van der Waals surface area contributed by atoms with Gasteiger partial charge in [0.1, 0.15) is 11.5 Å². The zero-order chi connectivity index (χ0) is 15.2. The Balaban J connectivity index is 2.06. The molecule has 0 fully saturated rings. The van der Waals surface area contributed by atoms with Crippen molar-refractivity contribution in [1.29, 1.82) is 0 Å². The number of ether oxygens (including phenoxy) is 1. The Morgan fingerprint density at radius 3 is 2.48 bits per heavy atom. The molecular formula is C18H18O3. The third-order valence-corrected chi connectivity index (χ3v) is 2.81. The maximum absolute atomic E-state index is 12.0. The molecule has 0 amide bonds. The molecule has 2 aromatic rings. The SMILES string of the molecule is CC(C)Oc1ccc(C(=O)/C=C/c2cccc(O)c2)cc1. The quantitative estimate of drug-likeness (QED) is 0.664. The Labute approximate surface area is 124 Å². The summed E-state index contributed by atoms with van der Waals surface area (Å²) in [6, 6.07) is 13.8. The average Bonchev–Trinajstić information content (AvgIpc) is 2.45. The number of rotatable bonds is 5. The van der Waals surface area contributed by atoms with Gasteiger partial charge < -0.3 is 9.84 Å². The van der Waals surface area contributed by atoms with Gasteiger partial charge in [-0.3, -0.25) is 4.79 Å². The van der Waals surface area contributed by atoms with E-state index in [-0.39, 0.29) is 17.6 Å². The first kappa shape index (κ1) is 14.9. The van der Waals surface area contributed by atoms with Gasteiger partial charge in [0.05, 0.1) is 6.10 Å². The third kappa shape index (κ3) is 4.49. The summed E-state index contributed by atoms with van der Waals surface area (Å²) in [5.74, 6) is 0.840. The summed E-state index contributed by atoms with van der Waals surface area (Å²) in [5, 5.41) is 9.37. The van der Waals surface area contributed by atoms with Crippen molar-refractivity contribution < 1.29 is 14.6 Å². The Bertz CT molecular complexity index is 640. The zero-order valence-corrected chi connectivity index (χ0v) is 12.1. The maximum atomic E-state index is 12.0. The van der Waals surface area contributed by atoms with Crippen LogP contribution in [-0.2, 0) is 0 Å². The molecule has 3 heteroatoms. The number of hydrogen-bond acceptors (Lipinski definition) is 3. The highest BCUT2D eigenvalue weighted by Crippen LogP contribution is 2.16. The smallest absolute Gasteiger partial charge is 0.185 e. The van der Waals surface area contributed by atoms with Gasteiger partial charge in [-0.05, 0) is 61.9 Å². The van der Waals surface area contributed by atoms with Crippen LogP contribution in [0, 0.1) is 0 Å². The van der Waals surface area contributed by atoms with Gasteiger partial charge in [0.2, 0.25) is 0 Å². The lowest BCUT2D eigenvalue weighted by Crippen LogP contribution is -2.05. The Morgan fingerprint density at radius 2 is 1.86 bits per heavy atom. The molecule has 0 atom stereocenters. The monoisotopic (exact) mass is 282 g/mol. The lowest BCUT2D eigenvalue weighted by molar-refractivity contribution is 0.104. The molecule has 0 heterocycles. The predicted molar refractivity (Wildman–Crippen MR) is 83.7 cm³/mol. The largest absolute Gasteiger partial charge is 0.508 e. The van der Waals surface area contributed by atoms with Crippen LogP contribution in [0.25, 0.3) is 6.08 Å². The molecule has 0 aromatic heterocycles. The molecule has 2 rings (SSSR count). The molecule has 0 unspecified atom stereocenters. The summed E-state index contributed by atoms with van der Waals surface area (Å²) in [6.07, 6.45) is 3.28. The van der Waals surface area contributed by atoms with Crippen LogP contribution in [0.1, 0.15) is 29.8 Å². The lowest BCUT2D eigenvalue weighted by Gasteiger charge is -2.09. The minimum Gasteiger partial charge on any atom is -0.508 e. The fourth-order valence-corrected chi connectivity index (χ4v) is 1.87. The van der Waals surface area contributed by atoms with Gasteiger partial charge in [-0.1, -0.05) is 18.2 Å². The van der Waals surface area contributed by atoms with Crippen molar-refractivity contribution in [1.82, 2.24) is 0 Å². The molecule has 108 valence electrons. The van der Waals surface area contributed by atoms with Crippen LogP contribution >= 0.6 is 0 Å².